The number of nitrogens with zero attached hydrogens (tertiary/aromatic N) is 2. The quantitative estimate of drug-likeness (QED) is 0.782. The number of carbonyl (C=O) groups is 1. The molecule has 1 aliphatic rings. The lowest BCUT2D eigenvalue weighted by molar-refractivity contribution is -0.136. The predicted molar refractivity (Wildman–Crippen MR) is 105 cm³/mol. The van der Waals surface area contributed by atoms with Gasteiger partial charge in [-0.05, 0) is 57.1 Å². The number of amides is 1. The summed E-state index contributed by atoms with van der Waals surface area (Å²) >= 11 is 17.5. The maximum absolute atomic E-state index is 12.6. The van der Waals surface area contributed by atoms with Gasteiger partial charge in [0.25, 0.3) is 0 Å². The molecule has 4 nitrogen and oxygen atoms in total. The second kappa shape index (κ2) is 8.88. The summed E-state index contributed by atoms with van der Waals surface area (Å²) in [6, 6.07) is 5.24. The van der Waals surface area contributed by atoms with E-state index in [9.17, 15) is 4.79 Å². The summed E-state index contributed by atoms with van der Waals surface area (Å²) in [7, 11) is 0. The van der Waals surface area contributed by atoms with Crippen LogP contribution in [-0.4, -0.2) is 47.0 Å². The van der Waals surface area contributed by atoms with E-state index in [2.05, 4.69) is 10.2 Å². The van der Waals surface area contributed by atoms with Crippen molar-refractivity contribution in [3.8, 4) is 0 Å². The van der Waals surface area contributed by atoms with Crippen molar-refractivity contribution in [1.82, 2.24) is 9.80 Å². The summed E-state index contributed by atoms with van der Waals surface area (Å²) in [5.74, 6) is 0.222. The van der Waals surface area contributed by atoms with E-state index in [4.69, 9.17) is 35.4 Å². The van der Waals surface area contributed by atoms with Crippen LogP contribution in [0.15, 0.2) is 18.2 Å². The fourth-order valence-corrected chi connectivity index (χ4v) is 3.79. The van der Waals surface area contributed by atoms with Gasteiger partial charge >= 0.3 is 0 Å². The zero-order valence-corrected chi connectivity index (χ0v) is 16.3. The average molecular weight is 388 g/mol. The van der Waals surface area contributed by atoms with Crippen LogP contribution >= 0.6 is 35.4 Å². The van der Waals surface area contributed by atoms with Crippen LogP contribution in [0.2, 0.25) is 10.0 Å². The zero-order valence-electron chi connectivity index (χ0n) is 14.0. The summed E-state index contributed by atoms with van der Waals surface area (Å²) in [5, 5.41) is 4.89. The molecule has 0 aromatic heterocycles. The highest BCUT2D eigenvalue weighted by Crippen LogP contribution is 2.24. The number of nitrogens with one attached hydrogen (secondary N) is 1. The largest absolute Gasteiger partial charge is 0.348 e. The first-order valence-electron chi connectivity index (χ1n) is 8.25. The molecule has 1 aromatic rings. The molecule has 2 rings (SSSR count). The third-order valence-corrected chi connectivity index (χ3v) is 5.04. The van der Waals surface area contributed by atoms with Gasteiger partial charge in [-0.25, -0.2) is 0 Å². The summed E-state index contributed by atoms with van der Waals surface area (Å²) < 4.78 is 0. The molecular formula is C17H23Cl2N3OS. The SMILES string of the molecule is CCN(CC)C(=O)C1CCCN(C(=S)Nc2cc(Cl)cc(Cl)c2)C1. The highest BCUT2D eigenvalue weighted by molar-refractivity contribution is 7.80. The molecule has 1 heterocycles. The normalized spacial score (nSPS) is 17.5. The van der Waals surface area contributed by atoms with Gasteiger partial charge in [0.15, 0.2) is 5.11 Å². The second-order valence-corrected chi connectivity index (χ2v) is 7.14. The Bertz CT molecular complexity index is 587. The molecule has 1 aliphatic heterocycles. The first-order valence-corrected chi connectivity index (χ1v) is 9.41. The Hall–Kier alpha value is -1.04. The van der Waals surface area contributed by atoms with Gasteiger partial charge in [-0.3, -0.25) is 4.79 Å². The lowest BCUT2D eigenvalue weighted by Crippen LogP contribution is -2.47. The first-order chi connectivity index (χ1) is 11.4. The third kappa shape index (κ3) is 4.98. The van der Waals surface area contributed by atoms with Crippen molar-refractivity contribution < 1.29 is 4.79 Å². The Morgan fingerprint density at radius 2 is 1.92 bits per heavy atom. The molecule has 0 saturated carbocycles. The molecule has 0 spiro atoms. The van der Waals surface area contributed by atoms with Crippen LogP contribution in [0.3, 0.4) is 0 Å². The number of hydrogen-bond acceptors (Lipinski definition) is 2. The minimum absolute atomic E-state index is 0.00125. The van der Waals surface area contributed by atoms with Gasteiger partial charge in [-0.1, -0.05) is 23.2 Å². The van der Waals surface area contributed by atoms with E-state index in [1.807, 2.05) is 18.7 Å². The van der Waals surface area contributed by atoms with Gasteiger partial charge in [0.05, 0.1) is 5.92 Å². The van der Waals surface area contributed by atoms with E-state index >= 15 is 0 Å². The number of anilines is 1. The number of hydrogen-bond donors (Lipinski definition) is 1. The number of carbonyl (C=O) groups excluding carboxylic acids is 1. The fraction of sp³-hybridized carbons (Fsp3) is 0.529. The summed E-state index contributed by atoms with van der Waals surface area (Å²) in [6.45, 7) is 7.01. The van der Waals surface area contributed by atoms with E-state index in [-0.39, 0.29) is 11.8 Å². The van der Waals surface area contributed by atoms with Gasteiger partial charge in [0.1, 0.15) is 0 Å². The standard InChI is InChI=1S/C17H23Cl2N3OS/c1-3-21(4-2)16(23)12-6-5-7-22(11-12)17(24)20-15-9-13(18)8-14(19)10-15/h8-10,12H,3-7,11H2,1-2H3,(H,20,24). The molecule has 0 aliphatic carbocycles. The Labute approximate surface area is 159 Å². The summed E-state index contributed by atoms with van der Waals surface area (Å²) in [5.41, 5.74) is 0.759. The van der Waals surface area contributed by atoms with Crippen LogP contribution in [0, 0.1) is 5.92 Å². The van der Waals surface area contributed by atoms with E-state index in [1.54, 1.807) is 18.2 Å². The van der Waals surface area contributed by atoms with Crippen LogP contribution in [-0.2, 0) is 4.79 Å². The van der Waals surface area contributed by atoms with Crippen molar-refractivity contribution in [2.75, 3.05) is 31.5 Å². The Kier molecular flexibility index (Phi) is 7.14. The van der Waals surface area contributed by atoms with Crippen molar-refractivity contribution in [3.05, 3.63) is 28.2 Å². The topological polar surface area (TPSA) is 35.6 Å². The van der Waals surface area contributed by atoms with Crippen LogP contribution in [0.4, 0.5) is 5.69 Å². The van der Waals surface area contributed by atoms with Gasteiger partial charge < -0.3 is 15.1 Å². The van der Waals surface area contributed by atoms with Crippen LogP contribution in [0.25, 0.3) is 0 Å². The Morgan fingerprint density at radius 1 is 1.29 bits per heavy atom. The van der Waals surface area contributed by atoms with E-state index < -0.39 is 0 Å². The fourth-order valence-electron chi connectivity index (χ4n) is 2.99. The van der Waals surface area contributed by atoms with Crippen molar-refractivity contribution in [2.24, 2.45) is 5.92 Å². The lowest BCUT2D eigenvalue weighted by Gasteiger charge is -2.36. The molecule has 1 aromatic carbocycles. The molecule has 0 bridgehead atoms. The minimum Gasteiger partial charge on any atom is -0.348 e. The average Bonchev–Trinajstić information content (AvgIpc) is 2.55. The van der Waals surface area contributed by atoms with Crippen molar-refractivity contribution in [1.29, 1.82) is 0 Å². The Morgan fingerprint density at radius 3 is 2.50 bits per heavy atom. The van der Waals surface area contributed by atoms with Gasteiger partial charge in [0, 0.05) is 41.9 Å². The molecule has 1 N–H and O–H groups in total. The molecule has 1 unspecified atom stereocenters. The maximum Gasteiger partial charge on any atom is 0.227 e. The summed E-state index contributed by atoms with van der Waals surface area (Å²) in [6.07, 6.45) is 1.87. The molecule has 24 heavy (non-hydrogen) atoms. The number of benzene rings is 1. The van der Waals surface area contributed by atoms with Gasteiger partial charge in [0.2, 0.25) is 5.91 Å². The minimum atomic E-state index is 0.00125. The third-order valence-electron chi connectivity index (χ3n) is 4.25. The number of halogens is 2. The number of likely N-dealkylation sites (tertiary alicyclic amines) is 1. The van der Waals surface area contributed by atoms with Crippen LogP contribution in [0.5, 0.6) is 0 Å². The molecule has 132 valence electrons. The van der Waals surface area contributed by atoms with E-state index in [1.165, 1.54) is 0 Å². The van der Waals surface area contributed by atoms with Crippen molar-refractivity contribution in [3.63, 3.8) is 0 Å². The first kappa shape index (κ1) is 19.3. The van der Waals surface area contributed by atoms with Crippen LogP contribution < -0.4 is 5.32 Å². The van der Waals surface area contributed by atoms with E-state index in [0.29, 0.717) is 21.7 Å². The highest BCUT2D eigenvalue weighted by atomic mass is 35.5. The molecule has 0 radical (unpaired) electrons. The predicted octanol–water partition coefficient (Wildman–Crippen LogP) is 4.27. The lowest BCUT2D eigenvalue weighted by atomic mass is 9.96. The smallest absolute Gasteiger partial charge is 0.227 e. The molecule has 1 saturated heterocycles. The van der Waals surface area contributed by atoms with Gasteiger partial charge in [-0.2, -0.15) is 0 Å². The number of thiocarbonyl (C=S) groups is 1. The maximum atomic E-state index is 12.6. The van der Waals surface area contributed by atoms with Crippen molar-refractivity contribution >= 4 is 52.1 Å². The summed E-state index contributed by atoms with van der Waals surface area (Å²) in [4.78, 5) is 16.5. The number of piperidine rings is 1. The van der Waals surface area contributed by atoms with Crippen LogP contribution in [0.1, 0.15) is 26.7 Å². The van der Waals surface area contributed by atoms with E-state index in [0.717, 1.165) is 38.2 Å². The van der Waals surface area contributed by atoms with Crippen molar-refractivity contribution in [2.45, 2.75) is 26.7 Å². The molecule has 1 fully saturated rings. The highest BCUT2D eigenvalue weighted by Gasteiger charge is 2.29. The zero-order chi connectivity index (χ0) is 17.7. The monoisotopic (exact) mass is 387 g/mol. The van der Waals surface area contributed by atoms with Gasteiger partial charge in [-0.15, -0.1) is 0 Å². The second-order valence-electron chi connectivity index (χ2n) is 5.88. The molecular weight excluding hydrogens is 365 g/mol. The molecule has 1 atom stereocenters. The molecule has 1 amide bonds. The molecule has 7 heteroatoms. The number of rotatable bonds is 4. The Balaban J connectivity index is 2.00.